The van der Waals surface area contributed by atoms with E-state index in [2.05, 4.69) is 5.32 Å². The first kappa shape index (κ1) is 23.1. The number of hydrogen-bond donors (Lipinski definition) is 1. The summed E-state index contributed by atoms with van der Waals surface area (Å²) in [5.74, 6) is -1.20. The topological polar surface area (TPSA) is 90.9 Å². The van der Waals surface area contributed by atoms with E-state index >= 15 is 0 Å². The number of nitrogens with one attached hydrogen (secondary N) is 1. The van der Waals surface area contributed by atoms with Crippen molar-refractivity contribution >= 4 is 39.4 Å². The number of carbonyl (C=O) groups excluding carboxylic acids is 3. The van der Waals surface area contributed by atoms with Crippen molar-refractivity contribution in [2.75, 3.05) is 6.26 Å². The fraction of sp³-hybridized carbons (Fsp3) is 0.824. The summed E-state index contributed by atoms with van der Waals surface area (Å²) in [7, 11) is 2.92. The maximum atomic E-state index is 12.6. The Bertz CT molecular complexity index is 522. The molecule has 0 bridgehead atoms. The van der Waals surface area contributed by atoms with Gasteiger partial charge in [0.2, 0.25) is 5.91 Å². The predicted octanol–water partition coefficient (Wildman–Crippen LogP) is 2.53. The van der Waals surface area contributed by atoms with Gasteiger partial charge >= 0.3 is 11.9 Å². The molecule has 1 aliphatic heterocycles. The minimum atomic E-state index is -0.828. The fourth-order valence-corrected chi connectivity index (χ4v) is 4.38. The first-order valence-electron chi connectivity index (χ1n) is 8.51. The lowest BCUT2D eigenvalue weighted by molar-refractivity contribution is -0.205. The van der Waals surface area contributed by atoms with E-state index in [0.717, 1.165) is 0 Å². The standard InChI is InChI=1S/C17H29NO6S2/c1-8-11-13(22-9(2)19)14(23-10(3)20)12(15(24-11)26-25-7)18-16(21)17(4,5)6/h11-15H,8H2,1-7H3,(H,18,21). The Morgan fingerprint density at radius 3 is 2.04 bits per heavy atom. The Hall–Kier alpha value is -0.930. The molecular formula is C17H29NO6S2. The third-order valence-corrected chi connectivity index (χ3v) is 5.76. The van der Waals surface area contributed by atoms with Gasteiger partial charge in [0.25, 0.3) is 0 Å². The van der Waals surface area contributed by atoms with Crippen LogP contribution in [0, 0.1) is 5.41 Å². The molecule has 1 N–H and O–H groups in total. The second kappa shape index (κ2) is 9.85. The second-order valence-electron chi connectivity index (χ2n) is 7.11. The lowest BCUT2D eigenvalue weighted by Crippen LogP contribution is -2.65. The van der Waals surface area contributed by atoms with Crippen molar-refractivity contribution in [3.8, 4) is 0 Å². The predicted molar refractivity (Wildman–Crippen MR) is 103 cm³/mol. The first-order chi connectivity index (χ1) is 12.0. The van der Waals surface area contributed by atoms with Crippen molar-refractivity contribution in [3.05, 3.63) is 0 Å². The molecular weight excluding hydrogens is 378 g/mol. The van der Waals surface area contributed by atoms with Crippen LogP contribution in [0.25, 0.3) is 0 Å². The highest BCUT2D eigenvalue weighted by Crippen LogP contribution is 2.37. The summed E-state index contributed by atoms with van der Waals surface area (Å²) < 4.78 is 17.0. The molecule has 1 rings (SSSR count). The Morgan fingerprint density at radius 2 is 1.62 bits per heavy atom. The van der Waals surface area contributed by atoms with Crippen molar-refractivity contribution in [1.29, 1.82) is 0 Å². The lowest BCUT2D eigenvalue weighted by Gasteiger charge is -2.45. The molecule has 9 heteroatoms. The molecule has 0 saturated carbocycles. The minimum Gasteiger partial charge on any atom is -0.456 e. The maximum absolute atomic E-state index is 12.6. The van der Waals surface area contributed by atoms with E-state index in [1.54, 1.807) is 20.8 Å². The smallest absolute Gasteiger partial charge is 0.303 e. The van der Waals surface area contributed by atoms with Crippen molar-refractivity contribution < 1.29 is 28.6 Å². The van der Waals surface area contributed by atoms with Gasteiger partial charge in [-0.05, 0) is 12.7 Å². The molecule has 0 aromatic carbocycles. The monoisotopic (exact) mass is 407 g/mol. The van der Waals surface area contributed by atoms with Crippen LogP contribution in [0.2, 0.25) is 0 Å². The molecule has 5 unspecified atom stereocenters. The number of rotatable bonds is 6. The first-order valence-corrected chi connectivity index (χ1v) is 11.1. The number of esters is 2. The molecule has 1 saturated heterocycles. The van der Waals surface area contributed by atoms with Gasteiger partial charge in [0, 0.05) is 19.3 Å². The quantitative estimate of drug-likeness (QED) is 0.531. The number of amides is 1. The van der Waals surface area contributed by atoms with Gasteiger partial charge < -0.3 is 19.5 Å². The van der Waals surface area contributed by atoms with E-state index in [4.69, 9.17) is 14.2 Å². The molecule has 0 aliphatic carbocycles. The summed E-state index contributed by atoms with van der Waals surface area (Å²) in [6.07, 6.45) is 0.421. The summed E-state index contributed by atoms with van der Waals surface area (Å²) in [4.78, 5) is 35.9. The van der Waals surface area contributed by atoms with Crippen LogP contribution in [0.1, 0.15) is 48.0 Å². The van der Waals surface area contributed by atoms with Crippen LogP contribution in [0.3, 0.4) is 0 Å². The molecule has 150 valence electrons. The van der Waals surface area contributed by atoms with Crippen LogP contribution in [-0.4, -0.2) is 53.9 Å². The third kappa shape index (κ3) is 6.35. The molecule has 1 heterocycles. The van der Waals surface area contributed by atoms with E-state index < -0.39 is 47.1 Å². The summed E-state index contributed by atoms with van der Waals surface area (Å²) in [6.45, 7) is 9.87. The van der Waals surface area contributed by atoms with Gasteiger partial charge in [-0.2, -0.15) is 0 Å². The van der Waals surface area contributed by atoms with Gasteiger partial charge in [-0.25, -0.2) is 0 Å². The molecule has 5 atom stereocenters. The highest BCUT2D eigenvalue weighted by molar-refractivity contribution is 8.76. The number of ether oxygens (including phenoxy) is 3. The number of carbonyl (C=O) groups is 3. The molecule has 0 aromatic rings. The van der Waals surface area contributed by atoms with Crippen LogP contribution in [-0.2, 0) is 28.6 Å². The van der Waals surface area contributed by atoms with Gasteiger partial charge in [0.1, 0.15) is 11.5 Å². The van der Waals surface area contributed by atoms with E-state index in [-0.39, 0.29) is 5.91 Å². The summed E-state index contributed by atoms with van der Waals surface area (Å²) in [6, 6.07) is -0.643. The van der Waals surface area contributed by atoms with Crippen molar-refractivity contribution in [1.82, 2.24) is 5.32 Å². The Balaban J connectivity index is 3.25. The van der Waals surface area contributed by atoms with Gasteiger partial charge in [0.15, 0.2) is 12.2 Å². The van der Waals surface area contributed by atoms with Gasteiger partial charge in [-0.3, -0.25) is 14.4 Å². The zero-order valence-corrected chi connectivity index (χ0v) is 18.0. The molecule has 0 radical (unpaired) electrons. The van der Waals surface area contributed by atoms with Gasteiger partial charge in [-0.15, -0.1) is 0 Å². The zero-order chi connectivity index (χ0) is 20.1. The highest BCUT2D eigenvalue weighted by atomic mass is 33.1. The molecule has 1 amide bonds. The minimum absolute atomic E-state index is 0.202. The van der Waals surface area contributed by atoms with E-state index in [1.807, 2.05) is 13.2 Å². The SMILES string of the molecule is CCC1OC(SSC)C(NC(=O)C(C)(C)C)C(OC(C)=O)C1OC(C)=O. The maximum Gasteiger partial charge on any atom is 0.303 e. The van der Waals surface area contributed by atoms with Crippen LogP contribution < -0.4 is 5.32 Å². The average Bonchev–Trinajstić information content (AvgIpc) is 2.50. The van der Waals surface area contributed by atoms with Crippen LogP contribution in [0.5, 0.6) is 0 Å². The average molecular weight is 408 g/mol. The normalized spacial score (nSPS) is 29.0. The Labute approximate surface area is 163 Å². The summed E-state index contributed by atoms with van der Waals surface area (Å²) in [5, 5.41) is 2.93. The molecule has 0 aromatic heterocycles. The van der Waals surface area contributed by atoms with Gasteiger partial charge in [0.05, 0.1) is 6.10 Å². The summed E-state index contributed by atoms with van der Waals surface area (Å²) >= 11 is 0. The molecule has 26 heavy (non-hydrogen) atoms. The fourth-order valence-electron chi connectivity index (χ4n) is 2.60. The number of hydrogen-bond acceptors (Lipinski definition) is 8. The molecule has 1 aliphatic rings. The van der Waals surface area contributed by atoms with E-state index in [0.29, 0.717) is 6.42 Å². The molecule has 7 nitrogen and oxygen atoms in total. The van der Waals surface area contributed by atoms with Crippen LogP contribution >= 0.6 is 21.6 Å². The summed E-state index contributed by atoms with van der Waals surface area (Å²) in [5.41, 5.74) is -1.08. The van der Waals surface area contributed by atoms with Crippen LogP contribution in [0.15, 0.2) is 0 Å². The van der Waals surface area contributed by atoms with Crippen LogP contribution in [0.4, 0.5) is 0 Å². The van der Waals surface area contributed by atoms with Crippen molar-refractivity contribution in [2.45, 2.75) is 77.8 Å². The zero-order valence-electron chi connectivity index (χ0n) is 16.4. The van der Waals surface area contributed by atoms with E-state index in [1.165, 1.54) is 35.4 Å². The third-order valence-electron chi connectivity index (χ3n) is 3.82. The van der Waals surface area contributed by atoms with E-state index in [9.17, 15) is 14.4 Å². The Kier molecular flexibility index (Phi) is 8.75. The lowest BCUT2D eigenvalue weighted by atomic mass is 9.92. The molecule has 1 fully saturated rings. The highest BCUT2D eigenvalue weighted by Gasteiger charge is 2.50. The van der Waals surface area contributed by atoms with Crippen molar-refractivity contribution in [3.63, 3.8) is 0 Å². The van der Waals surface area contributed by atoms with Crippen molar-refractivity contribution in [2.24, 2.45) is 5.41 Å². The molecule has 0 spiro atoms. The Morgan fingerprint density at radius 1 is 1.08 bits per heavy atom. The second-order valence-corrected chi connectivity index (χ2v) is 9.68. The van der Waals surface area contributed by atoms with Gasteiger partial charge in [-0.1, -0.05) is 49.3 Å². The largest absolute Gasteiger partial charge is 0.456 e.